The van der Waals surface area contributed by atoms with Crippen molar-refractivity contribution < 1.29 is 9.53 Å². The molecule has 0 unspecified atom stereocenters. The third-order valence-electron chi connectivity index (χ3n) is 3.87. The minimum absolute atomic E-state index is 0.112. The average molecular weight is 261 g/mol. The maximum Gasteiger partial charge on any atom is 0.263 e. The Morgan fingerprint density at radius 1 is 1.21 bits per heavy atom. The van der Waals surface area contributed by atoms with Crippen molar-refractivity contribution in [2.45, 2.75) is 46.1 Å². The second-order valence-electron chi connectivity index (χ2n) is 5.34. The van der Waals surface area contributed by atoms with Crippen LogP contribution < -0.4 is 4.74 Å². The van der Waals surface area contributed by atoms with Crippen LogP contribution in [0.25, 0.3) is 0 Å². The summed E-state index contributed by atoms with van der Waals surface area (Å²) in [7, 11) is 0. The highest BCUT2D eigenvalue weighted by Gasteiger charge is 2.23. The second-order valence-corrected chi connectivity index (χ2v) is 5.34. The normalized spacial score (nSPS) is 17.1. The number of likely N-dealkylation sites (tertiary alicyclic amines) is 1. The summed E-state index contributed by atoms with van der Waals surface area (Å²) < 4.78 is 5.85. The van der Waals surface area contributed by atoms with Crippen molar-refractivity contribution in [3.63, 3.8) is 0 Å². The predicted molar refractivity (Wildman–Crippen MR) is 76.4 cm³/mol. The van der Waals surface area contributed by atoms with Gasteiger partial charge >= 0.3 is 0 Å². The first-order valence-corrected chi connectivity index (χ1v) is 7.11. The van der Waals surface area contributed by atoms with E-state index in [2.05, 4.69) is 13.0 Å². The molecule has 1 aliphatic heterocycles. The van der Waals surface area contributed by atoms with Gasteiger partial charge in [-0.3, -0.25) is 4.79 Å². The van der Waals surface area contributed by atoms with Crippen LogP contribution in [0.1, 0.15) is 37.3 Å². The van der Waals surface area contributed by atoms with Crippen LogP contribution in [-0.2, 0) is 4.79 Å². The van der Waals surface area contributed by atoms with Gasteiger partial charge in [0.15, 0.2) is 6.10 Å². The molecule has 0 N–H and O–H groups in total. The summed E-state index contributed by atoms with van der Waals surface area (Å²) >= 11 is 0. The summed E-state index contributed by atoms with van der Waals surface area (Å²) in [5, 5.41) is 0. The molecule has 19 heavy (non-hydrogen) atoms. The zero-order valence-corrected chi connectivity index (χ0v) is 12.1. The molecular weight excluding hydrogens is 238 g/mol. The van der Waals surface area contributed by atoms with Crippen molar-refractivity contribution in [2.75, 3.05) is 13.1 Å². The number of aryl methyl sites for hydroxylation is 1. The van der Waals surface area contributed by atoms with Gasteiger partial charge in [-0.2, -0.15) is 0 Å². The van der Waals surface area contributed by atoms with Gasteiger partial charge in [0.05, 0.1) is 0 Å². The number of amides is 1. The van der Waals surface area contributed by atoms with Gasteiger partial charge in [0, 0.05) is 13.1 Å². The Balaban J connectivity index is 2.01. The van der Waals surface area contributed by atoms with Crippen molar-refractivity contribution in [2.24, 2.45) is 0 Å². The Bertz CT molecular complexity index is 450. The maximum absolute atomic E-state index is 12.3. The zero-order chi connectivity index (χ0) is 13.8. The van der Waals surface area contributed by atoms with Crippen molar-refractivity contribution >= 4 is 5.91 Å². The van der Waals surface area contributed by atoms with Crippen LogP contribution in [0.2, 0.25) is 0 Å². The van der Waals surface area contributed by atoms with E-state index in [1.165, 1.54) is 12.0 Å². The Labute approximate surface area is 115 Å². The molecule has 1 aromatic carbocycles. The molecule has 3 heteroatoms. The average Bonchev–Trinajstić information content (AvgIpc) is 2.44. The van der Waals surface area contributed by atoms with Crippen LogP contribution in [-0.4, -0.2) is 30.0 Å². The highest BCUT2D eigenvalue weighted by molar-refractivity contribution is 5.81. The molecule has 0 radical (unpaired) electrons. The number of hydrogen-bond donors (Lipinski definition) is 0. The van der Waals surface area contributed by atoms with E-state index in [1.54, 1.807) is 0 Å². The first-order valence-electron chi connectivity index (χ1n) is 7.11. The third-order valence-corrected chi connectivity index (χ3v) is 3.87. The molecule has 0 aliphatic carbocycles. The fourth-order valence-corrected chi connectivity index (χ4v) is 2.46. The molecule has 0 spiro atoms. The number of nitrogens with zero attached hydrogens (tertiary/aromatic N) is 1. The molecule has 1 fully saturated rings. The van der Waals surface area contributed by atoms with E-state index in [-0.39, 0.29) is 5.91 Å². The zero-order valence-electron chi connectivity index (χ0n) is 12.1. The maximum atomic E-state index is 12.3. The standard InChI is InChI=1S/C16H23NO2/c1-12-8-7-9-15(13(12)2)19-14(3)16(18)17-10-5-4-6-11-17/h7-9,14H,4-6,10-11H2,1-3H3/t14-/m0/s1. The quantitative estimate of drug-likeness (QED) is 0.837. The van der Waals surface area contributed by atoms with Gasteiger partial charge in [-0.1, -0.05) is 12.1 Å². The lowest BCUT2D eigenvalue weighted by Gasteiger charge is -2.29. The highest BCUT2D eigenvalue weighted by atomic mass is 16.5. The Morgan fingerprint density at radius 3 is 2.58 bits per heavy atom. The van der Waals surface area contributed by atoms with Gasteiger partial charge < -0.3 is 9.64 Å². The van der Waals surface area contributed by atoms with Crippen LogP contribution in [0.15, 0.2) is 18.2 Å². The lowest BCUT2D eigenvalue weighted by Crippen LogP contribution is -2.43. The SMILES string of the molecule is Cc1cccc(O[C@@H](C)C(=O)N2CCCCC2)c1C. The fourth-order valence-electron chi connectivity index (χ4n) is 2.46. The van der Waals surface area contributed by atoms with Gasteiger partial charge in [-0.25, -0.2) is 0 Å². The summed E-state index contributed by atoms with van der Waals surface area (Å²) in [5.74, 6) is 0.929. The fraction of sp³-hybridized carbons (Fsp3) is 0.562. The molecule has 0 saturated carbocycles. The van der Waals surface area contributed by atoms with Crippen LogP contribution in [0.4, 0.5) is 0 Å². The summed E-state index contributed by atoms with van der Waals surface area (Å²) in [4.78, 5) is 14.2. The number of carbonyl (C=O) groups is 1. The summed E-state index contributed by atoms with van der Waals surface area (Å²) in [6.45, 7) is 7.68. The van der Waals surface area contributed by atoms with Crippen molar-refractivity contribution in [1.29, 1.82) is 0 Å². The van der Waals surface area contributed by atoms with Gasteiger partial charge in [-0.05, 0) is 57.2 Å². The Kier molecular flexibility index (Phi) is 4.46. The van der Waals surface area contributed by atoms with Crippen molar-refractivity contribution in [3.05, 3.63) is 29.3 Å². The van der Waals surface area contributed by atoms with E-state index in [9.17, 15) is 4.79 Å². The molecule has 3 nitrogen and oxygen atoms in total. The van der Waals surface area contributed by atoms with Gasteiger partial charge in [0.1, 0.15) is 5.75 Å². The number of benzene rings is 1. The molecule has 1 heterocycles. The van der Waals surface area contributed by atoms with Gasteiger partial charge in [-0.15, -0.1) is 0 Å². The molecule has 0 bridgehead atoms. The second kappa shape index (κ2) is 6.09. The van der Waals surface area contributed by atoms with E-state index >= 15 is 0 Å². The van der Waals surface area contributed by atoms with Gasteiger partial charge in [0.2, 0.25) is 0 Å². The summed E-state index contributed by atoms with van der Waals surface area (Å²) in [6.07, 6.45) is 3.05. The van der Waals surface area contributed by atoms with E-state index in [1.807, 2.05) is 30.9 Å². The lowest BCUT2D eigenvalue weighted by molar-refractivity contribution is -0.138. The number of carbonyl (C=O) groups excluding carboxylic acids is 1. The molecule has 2 rings (SSSR count). The van der Waals surface area contributed by atoms with Crippen LogP contribution in [0, 0.1) is 13.8 Å². The monoisotopic (exact) mass is 261 g/mol. The number of ether oxygens (including phenoxy) is 1. The summed E-state index contributed by atoms with van der Waals surface area (Å²) in [5.41, 5.74) is 2.30. The predicted octanol–water partition coefficient (Wildman–Crippen LogP) is 3.08. The third kappa shape index (κ3) is 3.28. The first kappa shape index (κ1) is 13.9. The van der Waals surface area contributed by atoms with Crippen molar-refractivity contribution in [3.8, 4) is 5.75 Å². The van der Waals surface area contributed by atoms with Gasteiger partial charge in [0.25, 0.3) is 5.91 Å². The topological polar surface area (TPSA) is 29.5 Å². The van der Waals surface area contributed by atoms with E-state index in [4.69, 9.17) is 4.74 Å². The number of piperidine rings is 1. The highest BCUT2D eigenvalue weighted by Crippen LogP contribution is 2.22. The molecule has 1 amide bonds. The molecule has 104 valence electrons. The minimum Gasteiger partial charge on any atom is -0.481 e. The minimum atomic E-state index is -0.404. The molecule has 1 aliphatic rings. The van der Waals surface area contributed by atoms with E-state index < -0.39 is 6.10 Å². The van der Waals surface area contributed by atoms with E-state index in [0.717, 1.165) is 37.2 Å². The largest absolute Gasteiger partial charge is 0.481 e. The smallest absolute Gasteiger partial charge is 0.263 e. The first-order chi connectivity index (χ1) is 9.09. The van der Waals surface area contributed by atoms with Crippen LogP contribution >= 0.6 is 0 Å². The lowest BCUT2D eigenvalue weighted by atomic mass is 10.1. The number of rotatable bonds is 3. The van der Waals surface area contributed by atoms with E-state index in [0.29, 0.717) is 0 Å². The Hall–Kier alpha value is -1.51. The molecule has 1 saturated heterocycles. The van der Waals surface area contributed by atoms with Crippen LogP contribution in [0.3, 0.4) is 0 Å². The summed E-state index contributed by atoms with van der Waals surface area (Å²) in [6, 6.07) is 5.96. The Morgan fingerprint density at radius 2 is 1.89 bits per heavy atom. The molecular formula is C16H23NO2. The molecule has 1 aromatic rings. The molecule has 1 atom stereocenters. The number of hydrogen-bond acceptors (Lipinski definition) is 2. The van der Waals surface area contributed by atoms with Crippen molar-refractivity contribution in [1.82, 2.24) is 4.90 Å². The van der Waals surface area contributed by atoms with Crippen LogP contribution in [0.5, 0.6) is 5.75 Å². The molecule has 0 aromatic heterocycles.